The van der Waals surface area contributed by atoms with Crippen LogP contribution in [0.25, 0.3) is 21.9 Å². The van der Waals surface area contributed by atoms with Crippen LogP contribution >= 0.6 is 11.6 Å². The molecular weight excluding hydrogens is 312 g/mol. The Labute approximate surface area is 137 Å². The number of anilines is 2. The van der Waals surface area contributed by atoms with E-state index in [1.54, 1.807) is 19.5 Å². The van der Waals surface area contributed by atoms with E-state index in [4.69, 9.17) is 16.3 Å². The first-order chi connectivity index (χ1) is 11.2. The third-order valence-electron chi connectivity index (χ3n) is 3.73. The molecular formula is C17H13ClN4O. The number of halogens is 1. The second-order valence-electron chi connectivity index (χ2n) is 5.12. The van der Waals surface area contributed by atoms with Gasteiger partial charge in [-0.15, -0.1) is 0 Å². The Morgan fingerprint density at radius 1 is 1.04 bits per heavy atom. The Balaban J connectivity index is 1.85. The van der Waals surface area contributed by atoms with Crippen LogP contribution in [0.2, 0.25) is 5.02 Å². The lowest BCUT2D eigenvalue weighted by molar-refractivity contribution is 0.415. The van der Waals surface area contributed by atoms with E-state index in [2.05, 4.69) is 20.3 Å². The fraction of sp³-hybridized carbons (Fsp3) is 0.0588. The maximum Gasteiger partial charge on any atom is 0.121 e. The molecule has 2 heterocycles. The normalized spacial score (nSPS) is 11.0. The number of rotatable bonds is 3. The molecule has 0 radical (unpaired) electrons. The maximum absolute atomic E-state index is 6.28. The lowest BCUT2D eigenvalue weighted by atomic mass is 10.1. The van der Waals surface area contributed by atoms with Gasteiger partial charge in [-0.2, -0.15) is 0 Å². The van der Waals surface area contributed by atoms with Gasteiger partial charge in [0.25, 0.3) is 0 Å². The largest absolute Gasteiger partial charge is 0.497 e. The van der Waals surface area contributed by atoms with E-state index in [0.717, 1.165) is 39.1 Å². The number of hydrogen-bond donors (Lipinski definition) is 2. The Hall–Kier alpha value is -2.79. The molecule has 23 heavy (non-hydrogen) atoms. The van der Waals surface area contributed by atoms with Crippen molar-refractivity contribution in [2.45, 2.75) is 0 Å². The first-order valence-corrected chi connectivity index (χ1v) is 7.45. The van der Waals surface area contributed by atoms with Crippen LogP contribution in [0.3, 0.4) is 0 Å². The van der Waals surface area contributed by atoms with Crippen LogP contribution in [0.5, 0.6) is 5.75 Å². The van der Waals surface area contributed by atoms with Gasteiger partial charge in [0.1, 0.15) is 12.1 Å². The van der Waals surface area contributed by atoms with Crippen molar-refractivity contribution in [3.05, 3.63) is 53.9 Å². The first-order valence-electron chi connectivity index (χ1n) is 7.07. The van der Waals surface area contributed by atoms with Gasteiger partial charge < -0.3 is 15.0 Å². The number of hydrogen-bond acceptors (Lipinski definition) is 4. The molecule has 0 aliphatic heterocycles. The van der Waals surface area contributed by atoms with Crippen molar-refractivity contribution >= 4 is 44.9 Å². The van der Waals surface area contributed by atoms with Crippen molar-refractivity contribution in [2.75, 3.05) is 12.4 Å². The smallest absolute Gasteiger partial charge is 0.121 e. The predicted molar refractivity (Wildman–Crippen MR) is 92.7 cm³/mol. The Kier molecular flexibility index (Phi) is 3.28. The number of pyridine rings is 1. The molecule has 0 atom stereocenters. The van der Waals surface area contributed by atoms with Crippen LogP contribution in [-0.4, -0.2) is 22.1 Å². The summed E-state index contributed by atoms with van der Waals surface area (Å²) in [5.41, 5.74) is 4.41. The highest BCUT2D eigenvalue weighted by molar-refractivity contribution is 6.33. The SMILES string of the molecule is COc1ccc(Cl)c(Nc2cc[nH]c3cc4ncnc4cc23)c1. The summed E-state index contributed by atoms with van der Waals surface area (Å²) in [6, 6.07) is 11.4. The third-order valence-corrected chi connectivity index (χ3v) is 4.06. The Bertz CT molecular complexity index is 1010. The second kappa shape index (κ2) is 5.44. The van der Waals surface area contributed by atoms with Gasteiger partial charge >= 0.3 is 0 Å². The molecule has 2 aromatic heterocycles. The standard InChI is InChI=1S/C17H13ClN4O/c1-23-10-2-3-12(18)15(6-10)22-13-4-5-19-14-8-17-16(7-11(13)14)20-9-21-17/h2-9,19,22H,1H3. The van der Waals surface area contributed by atoms with Gasteiger partial charge in [0.2, 0.25) is 0 Å². The average Bonchev–Trinajstić information content (AvgIpc) is 3.02. The number of aromatic nitrogens is 3. The van der Waals surface area contributed by atoms with Crippen LogP contribution in [0.4, 0.5) is 11.4 Å². The number of aromatic amines is 1. The molecule has 0 bridgehead atoms. The number of ether oxygens (including phenoxy) is 1. The molecule has 0 saturated carbocycles. The zero-order valence-electron chi connectivity index (χ0n) is 12.3. The molecule has 0 aliphatic rings. The molecule has 2 aromatic carbocycles. The van der Waals surface area contributed by atoms with Gasteiger partial charge in [-0.05, 0) is 30.3 Å². The lowest BCUT2D eigenvalue weighted by Gasteiger charge is -2.12. The summed E-state index contributed by atoms with van der Waals surface area (Å²) < 4.78 is 5.26. The third kappa shape index (κ3) is 2.45. The summed E-state index contributed by atoms with van der Waals surface area (Å²) >= 11 is 6.28. The monoisotopic (exact) mass is 324 g/mol. The summed E-state index contributed by atoms with van der Waals surface area (Å²) in [5.74, 6) is 0.744. The van der Waals surface area contributed by atoms with Crippen molar-refractivity contribution in [2.24, 2.45) is 0 Å². The van der Waals surface area contributed by atoms with E-state index in [-0.39, 0.29) is 0 Å². The number of methoxy groups -OCH3 is 1. The molecule has 5 nitrogen and oxygen atoms in total. The van der Waals surface area contributed by atoms with Gasteiger partial charge in [-0.3, -0.25) is 0 Å². The highest BCUT2D eigenvalue weighted by Gasteiger charge is 2.08. The average molecular weight is 325 g/mol. The van der Waals surface area contributed by atoms with E-state index in [0.29, 0.717) is 5.02 Å². The van der Waals surface area contributed by atoms with Crippen molar-refractivity contribution in [1.29, 1.82) is 0 Å². The van der Waals surface area contributed by atoms with Gasteiger partial charge in [-0.25, -0.2) is 9.97 Å². The molecule has 4 rings (SSSR count). The van der Waals surface area contributed by atoms with E-state index >= 15 is 0 Å². The summed E-state index contributed by atoms with van der Waals surface area (Å²) in [6.07, 6.45) is 3.44. The molecule has 0 aliphatic carbocycles. The number of imidazole rings is 1. The van der Waals surface area contributed by atoms with E-state index in [1.165, 1.54) is 0 Å². The first kappa shape index (κ1) is 13.8. The lowest BCUT2D eigenvalue weighted by Crippen LogP contribution is -1.94. The minimum atomic E-state index is 0.626. The van der Waals surface area contributed by atoms with Gasteiger partial charge in [0, 0.05) is 28.9 Å². The number of nitrogens with zero attached hydrogens (tertiary/aromatic N) is 2. The predicted octanol–water partition coefficient (Wildman–Crippen LogP) is 4.52. The zero-order valence-corrected chi connectivity index (χ0v) is 13.1. The van der Waals surface area contributed by atoms with Crippen molar-refractivity contribution in [3.63, 3.8) is 0 Å². The van der Waals surface area contributed by atoms with E-state index in [1.807, 2.05) is 36.5 Å². The second-order valence-corrected chi connectivity index (χ2v) is 5.53. The Morgan fingerprint density at radius 3 is 2.70 bits per heavy atom. The number of H-pyrrole nitrogens is 1. The molecule has 0 spiro atoms. The van der Waals surface area contributed by atoms with Crippen LogP contribution in [-0.2, 0) is 0 Å². The highest BCUT2D eigenvalue weighted by Crippen LogP contribution is 2.33. The van der Waals surface area contributed by atoms with Crippen LogP contribution in [0.1, 0.15) is 0 Å². The van der Waals surface area contributed by atoms with E-state index in [9.17, 15) is 0 Å². The molecule has 114 valence electrons. The van der Waals surface area contributed by atoms with Crippen molar-refractivity contribution < 1.29 is 4.74 Å². The maximum atomic E-state index is 6.28. The highest BCUT2D eigenvalue weighted by atomic mass is 35.5. The molecule has 0 saturated heterocycles. The van der Waals surface area contributed by atoms with Crippen LogP contribution in [0.15, 0.2) is 48.9 Å². The minimum Gasteiger partial charge on any atom is -0.497 e. The minimum absolute atomic E-state index is 0.626. The fourth-order valence-electron chi connectivity index (χ4n) is 2.56. The number of fused-ring (bicyclic) bond motifs is 2. The molecule has 0 fully saturated rings. The molecule has 0 unspecified atom stereocenters. The van der Waals surface area contributed by atoms with Crippen molar-refractivity contribution in [1.82, 2.24) is 15.0 Å². The van der Waals surface area contributed by atoms with E-state index < -0.39 is 0 Å². The van der Waals surface area contributed by atoms with Crippen LogP contribution in [0, 0.1) is 0 Å². The van der Waals surface area contributed by atoms with Crippen LogP contribution < -0.4 is 10.1 Å². The quantitative estimate of drug-likeness (QED) is 0.581. The number of nitrogens with one attached hydrogen (secondary N) is 2. The molecule has 0 amide bonds. The summed E-state index contributed by atoms with van der Waals surface area (Å²) in [7, 11) is 1.63. The summed E-state index contributed by atoms with van der Waals surface area (Å²) in [4.78, 5) is 11.7. The topological polar surface area (TPSA) is 62.8 Å². The fourth-order valence-corrected chi connectivity index (χ4v) is 2.73. The number of benzene rings is 2. The summed E-state index contributed by atoms with van der Waals surface area (Å²) in [5, 5.41) is 5.01. The zero-order chi connectivity index (χ0) is 15.8. The molecule has 4 aromatic rings. The summed E-state index contributed by atoms with van der Waals surface area (Å²) in [6.45, 7) is 0. The Morgan fingerprint density at radius 2 is 1.87 bits per heavy atom. The van der Waals surface area contributed by atoms with Gasteiger partial charge in [-0.1, -0.05) is 11.6 Å². The molecule has 6 heteroatoms. The van der Waals surface area contributed by atoms with Gasteiger partial charge in [0.15, 0.2) is 0 Å². The van der Waals surface area contributed by atoms with Gasteiger partial charge in [0.05, 0.1) is 28.9 Å². The van der Waals surface area contributed by atoms with Crippen molar-refractivity contribution in [3.8, 4) is 5.75 Å². The molecule has 2 N–H and O–H groups in total.